The fraction of sp³-hybridized carbons (Fsp3) is 0.263. The Morgan fingerprint density at radius 1 is 1.32 bits per heavy atom. The largest absolute Gasteiger partial charge is 0.482 e. The molecular formula is C19H19ClN2O3. The second-order valence-electron chi connectivity index (χ2n) is 5.89. The fourth-order valence-corrected chi connectivity index (χ4v) is 3.04. The van der Waals surface area contributed by atoms with Crippen LogP contribution in [0.15, 0.2) is 36.4 Å². The number of carbonyl (C=O) groups excluding carboxylic acids is 2. The number of fused-ring (bicyclic) bond motifs is 1. The van der Waals surface area contributed by atoms with Gasteiger partial charge in [0.15, 0.2) is 6.61 Å². The Kier molecular flexibility index (Phi) is 4.95. The number of nitrogens with zero attached hydrogens (tertiary/aromatic N) is 1. The van der Waals surface area contributed by atoms with Crippen molar-refractivity contribution in [1.29, 1.82) is 0 Å². The summed E-state index contributed by atoms with van der Waals surface area (Å²) in [5, 5.41) is 3.46. The average molecular weight is 359 g/mol. The summed E-state index contributed by atoms with van der Waals surface area (Å²) < 4.78 is 5.39. The minimum atomic E-state index is -0.259. The topological polar surface area (TPSA) is 58.6 Å². The number of benzene rings is 2. The zero-order valence-corrected chi connectivity index (χ0v) is 14.9. The van der Waals surface area contributed by atoms with E-state index >= 15 is 0 Å². The van der Waals surface area contributed by atoms with Crippen molar-refractivity contribution in [3.8, 4) is 5.75 Å². The Hall–Kier alpha value is -2.53. The van der Waals surface area contributed by atoms with E-state index in [-0.39, 0.29) is 25.0 Å². The summed E-state index contributed by atoms with van der Waals surface area (Å²) in [6.45, 7) is 3.81. The maximum absolute atomic E-state index is 12.6. The van der Waals surface area contributed by atoms with Gasteiger partial charge >= 0.3 is 0 Å². The van der Waals surface area contributed by atoms with E-state index in [0.29, 0.717) is 16.5 Å². The fourth-order valence-electron chi connectivity index (χ4n) is 2.88. The molecule has 1 aliphatic heterocycles. The van der Waals surface area contributed by atoms with Crippen molar-refractivity contribution < 1.29 is 14.3 Å². The summed E-state index contributed by atoms with van der Waals surface area (Å²) in [6, 6.07) is 10.9. The molecule has 0 atom stereocenters. The number of nitrogens with one attached hydrogen (secondary N) is 1. The van der Waals surface area contributed by atoms with E-state index in [1.165, 1.54) is 4.90 Å². The molecule has 1 aliphatic rings. The Bertz CT molecular complexity index is 835. The van der Waals surface area contributed by atoms with Crippen molar-refractivity contribution in [3.05, 3.63) is 52.5 Å². The van der Waals surface area contributed by atoms with E-state index in [1.807, 2.05) is 32.0 Å². The zero-order valence-electron chi connectivity index (χ0n) is 14.1. The highest BCUT2D eigenvalue weighted by molar-refractivity contribution is 6.31. The van der Waals surface area contributed by atoms with Crippen molar-refractivity contribution >= 4 is 34.8 Å². The number of aryl methyl sites for hydroxylation is 2. The molecule has 25 heavy (non-hydrogen) atoms. The van der Waals surface area contributed by atoms with Crippen LogP contribution in [0.3, 0.4) is 0 Å². The molecule has 0 saturated carbocycles. The van der Waals surface area contributed by atoms with Crippen LogP contribution >= 0.6 is 11.6 Å². The molecule has 0 saturated heterocycles. The number of rotatable bonds is 4. The molecule has 2 amide bonds. The van der Waals surface area contributed by atoms with E-state index in [4.69, 9.17) is 16.3 Å². The molecule has 6 heteroatoms. The Balaban J connectivity index is 1.81. The Labute approximate surface area is 151 Å². The maximum Gasteiger partial charge on any atom is 0.265 e. The van der Waals surface area contributed by atoms with Crippen LogP contribution in [0.4, 0.5) is 11.4 Å². The first-order valence-corrected chi connectivity index (χ1v) is 8.48. The summed E-state index contributed by atoms with van der Waals surface area (Å²) in [5.41, 5.74) is 3.42. The first-order valence-electron chi connectivity index (χ1n) is 8.10. The predicted molar refractivity (Wildman–Crippen MR) is 98.5 cm³/mol. The molecule has 1 N–H and O–H groups in total. The quantitative estimate of drug-likeness (QED) is 0.908. The highest BCUT2D eigenvalue weighted by Crippen LogP contribution is 2.34. The van der Waals surface area contributed by atoms with Crippen molar-refractivity contribution in [1.82, 2.24) is 0 Å². The predicted octanol–water partition coefficient (Wildman–Crippen LogP) is 3.57. The van der Waals surface area contributed by atoms with Crippen LogP contribution in [0.2, 0.25) is 5.02 Å². The normalized spacial score (nSPS) is 13.2. The van der Waals surface area contributed by atoms with Crippen LogP contribution in [0.25, 0.3) is 0 Å². The second kappa shape index (κ2) is 7.15. The lowest BCUT2D eigenvalue weighted by Gasteiger charge is -2.29. The summed E-state index contributed by atoms with van der Waals surface area (Å²) >= 11 is 5.96. The van der Waals surface area contributed by atoms with Gasteiger partial charge in [0, 0.05) is 16.8 Å². The monoisotopic (exact) mass is 358 g/mol. The van der Waals surface area contributed by atoms with Crippen molar-refractivity contribution in [2.45, 2.75) is 20.3 Å². The molecule has 130 valence electrons. The van der Waals surface area contributed by atoms with Gasteiger partial charge in [0.25, 0.3) is 5.91 Å². The van der Waals surface area contributed by atoms with E-state index in [9.17, 15) is 9.59 Å². The molecule has 1 heterocycles. The van der Waals surface area contributed by atoms with Gasteiger partial charge in [0.1, 0.15) is 12.3 Å². The second-order valence-corrected chi connectivity index (χ2v) is 6.33. The molecule has 3 rings (SSSR count). The van der Waals surface area contributed by atoms with Crippen LogP contribution in [0, 0.1) is 6.92 Å². The third kappa shape index (κ3) is 3.61. The van der Waals surface area contributed by atoms with Gasteiger partial charge in [-0.1, -0.05) is 36.7 Å². The summed E-state index contributed by atoms with van der Waals surface area (Å²) in [6.07, 6.45) is 0.815. The number of amides is 2. The van der Waals surface area contributed by atoms with E-state index in [0.717, 1.165) is 23.2 Å². The van der Waals surface area contributed by atoms with Gasteiger partial charge in [-0.15, -0.1) is 0 Å². The lowest BCUT2D eigenvalue weighted by atomic mass is 10.1. The average Bonchev–Trinajstić information content (AvgIpc) is 2.59. The van der Waals surface area contributed by atoms with E-state index < -0.39 is 0 Å². The molecule has 0 radical (unpaired) electrons. The number of hydrogen-bond donors (Lipinski definition) is 1. The highest BCUT2D eigenvalue weighted by atomic mass is 35.5. The molecular weight excluding hydrogens is 340 g/mol. The van der Waals surface area contributed by atoms with Gasteiger partial charge in [-0.05, 0) is 36.6 Å². The zero-order chi connectivity index (χ0) is 18.0. The standard InChI is InChI=1S/C19H19ClN2O3/c1-3-13-6-4-5-12(2)19(13)21-17(23)10-22-15-8-7-14(20)9-16(15)25-11-18(22)24/h4-9H,3,10-11H2,1-2H3,(H,21,23). The number of carbonyl (C=O) groups is 2. The third-order valence-corrected chi connectivity index (χ3v) is 4.41. The first kappa shape index (κ1) is 17.3. The molecule has 0 fully saturated rings. The third-order valence-electron chi connectivity index (χ3n) is 4.17. The molecule has 0 aliphatic carbocycles. The SMILES string of the molecule is CCc1cccc(C)c1NC(=O)CN1C(=O)COc2cc(Cl)ccc21. The smallest absolute Gasteiger partial charge is 0.265 e. The number of para-hydroxylation sites is 1. The number of anilines is 2. The molecule has 0 spiro atoms. The van der Waals surface area contributed by atoms with E-state index in [1.54, 1.807) is 18.2 Å². The molecule has 2 aromatic carbocycles. The van der Waals surface area contributed by atoms with E-state index in [2.05, 4.69) is 5.32 Å². The van der Waals surface area contributed by atoms with Gasteiger partial charge in [0.2, 0.25) is 5.91 Å². The summed E-state index contributed by atoms with van der Waals surface area (Å²) in [5.74, 6) is -0.00402. The van der Waals surface area contributed by atoms with Crippen LogP contribution in [0.1, 0.15) is 18.1 Å². The van der Waals surface area contributed by atoms with Crippen molar-refractivity contribution in [2.24, 2.45) is 0 Å². The lowest BCUT2D eigenvalue weighted by molar-refractivity contribution is -0.123. The summed E-state index contributed by atoms with van der Waals surface area (Å²) in [4.78, 5) is 26.2. The summed E-state index contributed by atoms with van der Waals surface area (Å²) in [7, 11) is 0. The lowest BCUT2D eigenvalue weighted by Crippen LogP contribution is -2.43. The number of hydrogen-bond acceptors (Lipinski definition) is 3. The van der Waals surface area contributed by atoms with Gasteiger partial charge in [-0.3, -0.25) is 14.5 Å². The molecule has 5 nitrogen and oxygen atoms in total. The number of ether oxygens (including phenoxy) is 1. The number of halogens is 1. The minimum Gasteiger partial charge on any atom is -0.482 e. The molecule has 2 aromatic rings. The van der Waals surface area contributed by atoms with Gasteiger partial charge in [0.05, 0.1) is 5.69 Å². The maximum atomic E-state index is 12.6. The van der Waals surface area contributed by atoms with Gasteiger partial charge in [-0.25, -0.2) is 0 Å². The van der Waals surface area contributed by atoms with Crippen molar-refractivity contribution in [3.63, 3.8) is 0 Å². The molecule has 0 bridgehead atoms. The van der Waals surface area contributed by atoms with Gasteiger partial charge in [-0.2, -0.15) is 0 Å². The van der Waals surface area contributed by atoms with Crippen LogP contribution in [0.5, 0.6) is 5.75 Å². The van der Waals surface area contributed by atoms with Crippen LogP contribution in [-0.4, -0.2) is 25.0 Å². The minimum absolute atomic E-state index is 0.0751. The van der Waals surface area contributed by atoms with Crippen LogP contribution < -0.4 is 15.0 Å². The Morgan fingerprint density at radius 2 is 2.12 bits per heavy atom. The highest BCUT2D eigenvalue weighted by Gasteiger charge is 2.27. The van der Waals surface area contributed by atoms with Crippen LogP contribution in [-0.2, 0) is 16.0 Å². The molecule has 0 aromatic heterocycles. The van der Waals surface area contributed by atoms with Gasteiger partial charge < -0.3 is 10.1 Å². The first-order chi connectivity index (χ1) is 12.0. The Morgan fingerprint density at radius 3 is 2.88 bits per heavy atom. The molecule has 0 unspecified atom stereocenters. The van der Waals surface area contributed by atoms with Crippen molar-refractivity contribution in [2.75, 3.05) is 23.4 Å².